The summed E-state index contributed by atoms with van der Waals surface area (Å²) in [6, 6.07) is 12.2. The fraction of sp³-hybridized carbons (Fsp3) is 0.529. The Kier molecular flexibility index (Phi) is 10.1. The lowest BCUT2D eigenvalue weighted by Gasteiger charge is -2.40. The number of halogens is 2. The number of rotatable bonds is 8. The number of hydrogen-bond donors (Lipinski definition) is 2. The van der Waals surface area contributed by atoms with Crippen LogP contribution in [0.25, 0.3) is 0 Å². The highest BCUT2D eigenvalue weighted by Crippen LogP contribution is 2.36. The second-order valence-corrected chi connectivity index (χ2v) is 13.0. The molecule has 2 aliphatic heterocycles. The second kappa shape index (κ2) is 14.6. The maximum absolute atomic E-state index is 14.1. The van der Waals surface area contributed by atoms with E-state index in [0.717, 1.165) is 5.56 Å². The summed E-state index contributed by atoms with van der Waals surface area (Å²) in [5.41, 5.74) is 1.86. The van der Waals surface area contributed by atoms with Crippen molar-refractivity contribution in [2.24, 2.45) is 17.8 Å². The molecule has 3 amide bonds. The van der Waals surface area contributed by atoms with Crippen molar-refractivity contribution in [2.75, 3.05) is 26.2 Å². The van der Waals surface area contributed by atoms with Crippen LogP contribution in [0, 0.1) is 17.8 Å². The topological polar surface area (TPSA) is 131 Å². The van der Waals surface area contributed by atoms with Crippen molar-refractivity contribution < 1.29 is 27.9 Å². The number of fused-ring (bicyclic) bond motifs is 3. The molecule has 2 bridgehead atoms. The minimum atomic E-state index is -2.60. The highest BCUT2D eigenvalue weighted by Gasteiger charge is 2.38. The van der Waals surface area contributed by atoms with Crippen molar-refractivity contribution in [3.05, 3.63) is 71.7 Å². The third kappa shape index (κ3) is 8.49. The fourth-order valence-corrected chi connectivity index (χ4v) is 6.88. The van der Waals surface area contributed by atoms with Gasteiger partial charge in [0.1, 0.15) is 11.6 Å². The molecule has 1 saturated carbocycles. The van der Waals surface area contributed by atoms with E-state index in [-0.39, 0.29) is 73.3 Å². The first kappa shape index (κ1) is 32.5. The Hall–Kier alpha value is -4.42. The number of amides is 3. The number of piperidine rings is 1. The lowest BCUT2D eigenvalue weighted by atomic mass is 9.80. The molecule has 3 aromatic rings. The van der Waals surface area contributed by atoms with Crippen molar-refractivity contribution in [1.82, 2.24) is 35.5 Å². The molecule has 47 heavy (non-hydrogen) atoms. The number of nitrogens with one attached hydrogen (secondary N) is 2. The summed E-state index contributed by atoms with van der Waals surface area (Å²) in [6.07, 6.45) is 5.50. The van der Waals surface area contributed by atoms with E-state index in [9.17, 15) is 23.2 Å². The van der Waals surface area contributed by atoms with Gasteiger partial charge in [-0.05, 0) is 61.1 Å². The van der Waals surface area contributed by atoms with Crippen LogP contribution in [0.5, 0.6) is 5.88 Å². The van der Waals surface area contributed by atoms with Gasteiger partial charge >= 0.3 is 0 Å². The number of benzene rings is 1. The second-order valence-electron chi connectivity index (χ2n) is 13.0. The van der Waals surface area contributed by atoms with E-state index in [1.165, 1.54) is 0 Å². The highest BCUT2D eigenvalue weighted by atomic mass is 19.3. The predicted octanol–water partition coefficient (Wildman–Crippen LogP) is 3.64. The number of carbonyl (C=O) groups is 3. The maximum Gasteiger partial charge on any atom is 0.257 e. The molecule has 11 nitrogen and oxygen atoms in total. The Bertz CT molecular complexity index is 1540. The minimum Gasteiger partial charge on any atom is -0.477 e. The van der Waals surface area contributed by atoms with Gasteiger partial charge in [-0.25, -0.2) is 18.4 Å². The fourth-order valence-electron chi connectivity index (χ4n) is 6.88. The Morgan fingerprint density at radius 2 is 1.87 bits per heavy atom. The standard InChI is InChI=1S/C34H41F2N7O4/c35-34(36)12-8-23(9-13-34)19-38-30(44)17-25-10-15-42-21-26(25)11-16-47-32-28(7-4-14-37-32)31(45)39-29(33(42)46)18-27-22-43(41-40-27)20-24-5-2-1-3-6-24/h1-7,14,22-23,25-26,29H,8-13,15-21H2,(H,38,44)(H,39,45)/t25-,26-,29+/m0/s1. The third-order valence-electron chi connectivity index (χ3n) is 9.61. The zero-order valence-electron chi connectivity index (χ0n) is 26.3. The molecule has 6 rings (SSSR count). The molecule has 3 aliphatic rings. The van der Waals surface area contributed by atoms with E-state index in [4.69, 9.17) is 4.74 Å². The molecule has 2 N–H and O–H groups in total. The van der Waals surface area contributed by atoms with E-state index in [2.05, 4.69) is 25.9 Å². The molecule has 0 unspecified atom stereocenters. The molecule has 13 heteroatoms. The molecular formula is C34H41F2N7O4. The minimum absolute atomic E-state index is 0.00964. The Morgan fingerprint density at radius 3 is 2.68 bits per heavy atom. The summed E-state index contributed by atoms with van der Waals surface area (Å²) in [5.74, 6) is -3.15. The number of aromatic nitrogens is 4. The van der Waals surface area contributed by atoms with Crippen LogP contribution in [-0.2, 0) is 22.6 Å². The quantitative estimate of drug-likeness (QED) is 0.381. The molecule has 4 heterocycles. The van der Waals surface area contributed by atoms with Gasteiger partial charge in [0, 0.05) is 57.7 Å². The number of alkyl halides is 2. The number of pyridine rings is 1. The number of hydrogen-bond acceptors (Lipinski definition) is 7. The van der Waals surface area contributed by atoms with E-state index in [1.54, 1.807) is 34.1 Å². The van der Waals surface area contributed by atoms with Gasteiger partial charge in [0.25, 0.3) is 5.91 Å². The molecule has 1 saturated heterocycles. The predicted molar refractivity (Wildman–Crippen MR) is 168 cm³/mol. The molecule has 1 aromatic carbocycles. The summed E-state index contributed by atoms with van der Waals surface area (Å²) in [7, 11) is 0. The first-order valence-electron chi connectivity index (χ1n) is 16.5. The largest absolute Gasteiger partial charge is 0.477 e. The molecular weight excluding hydrogens is 608 g/mol. The average Bonchev–Trinajstić information content (AvgIpc) is 3.51. The summed E-state index contributed by atoms with van der Waals surface area (Å²) in [6.45, 7) is 2.05. The first-order chi connectivity index (χ1) is 22.7. The van der Waals surface area contributed by atoms with Crippen LogP contribution in [0.1, 0.15) is 66.6 Å². The summed E-state index contributed by atoms with van der Waals surface area (Å²) >= 11 is 0. The molecule has 250 valence electrons. The number of nitrogens with zero attached hydrogens (tertiary/aromatic N) is 5. The van der Waals surface area contributed by atoms with Crippen molar-refractivity contribution in [1.29, 1.82) is 0 Å². The lowest BCUT2D eigenvalue weighted by molar-refractivity contribution is -0.136. The molecule has 2 fully saturated rings. The molecule has 0 spiro atoms. The van der Waals surface area contributed by atoms with E-state index in [1.807, 2.05) is 30.3 Å². The van der Waals surface area contributed by atoms with Crippen LogP contribution in [-0.4, -0.2) is 80.8 Å². The van der Waals surface area contributed by atoms with Crippen LogP contribution in [0.4, 0.5) is 8.78 Å². The summed E-state index contributed by atoms with van der Waals surface area (Å²) in [4.78, 5) is 46.6. The van der Waals surface area contributed by atoms with Gasteiger partial charge in [-0.15, -0.1) is 5.10 Å². The van der Waals surface area contributed by atoms with Gasteiger partial charge in [0.2, 0.25) is 23.6 Å². The molecule has 1 aliphatic carbocycles. The van der Waals surface area contributed by atoms with Crippen LogP contribution in [0.3, 0.4) is 0 Å². The zero-order chi connectivity index (χ0) is 32.8. The smallest absolute Gasteiger partial charge is 0.257 e. The average molecular weight is 650 g/mol. The maximum atomic E-state index is 14.1. The van der Waals surface area contributed by atoms with Crippen molar-refractivity contribution in [2.45, 2.75) is 69.9 Å². The Labute approximate surface area is 272 Å². The monoisotopic (exact) mass is 649 g/mol. The highest BCUT2D eigenvalue weighted by molar-refractivity contribution is 5.99. The first-order valence-corrected chi connectivity index (χ1v) is 16.5. The molecule has 3 atom stereocenters. The summed E-state index contributed by atoms with van der Waals surface area (Å²) in [5, 5.41) is 14.4. The van der Waals surface area contributed by atoms with Crippen LogP contribution in [0.2, 0.25) is 0 Å². The lowest BCUT2D eigenvalue weighted by Crippen LogP contribution is -2.54. The van der Waals surface area contributed by atoms with Crippen LogP contribution in [0.15, 0.2) is 54.9 Å². The van der Waals surface area contributed by atoms with Crippen molar-refractivity contribution >= 4 is 17.7 Å². The van der Waals surface area contributed by atoms with Gasteiger partial charge in [0.15, 0.2) is 0 Å². The third-order valence-corrected chi connectivity index (χ3v) is 9.61. The number of ether oxygens (including phenoxy) is 1. The normalized spacial score (nSPS) is 23.4. The zero-order valence-corrected chi connectivity index (χ0v) is 26.3. The van der Waals surface area contributed by atoms with Gasteiger partial charge in [-0.3, -0.25) is 14.4 Å². The van der Waals surface area contributed by atoms with Crippen LogP contribution < -0.4 is 15.4 Å². The van der Waals surface area contributed by atoms with Crippen molar-refractivity contribution in [3.63, 3.8) is 0 Å². The van der Waals surface area contributed by atoms with Crippen LogP contribution >= 0.6 is 0 Å². The SMILES string of the molecule is O=C(C[C@@H]1CCN2C[C@@H]1CCOc1ncccc1C(=O)N[C@H](Cc1cn(Cc3ccccc3)nn1)C2=O)NCC1CCC(F)(F)CC1. The molecule has 0 radical (unpaired) electrons. The van der Waals surface area contributed by atoms with Gasteiger partial charge in [-0.1, -0.05) is 35.5 Å². The van der Waals surface area contributed by atoms with E-state index < -0.39 is 17.9 Å². The van der Waals surface area contributed by atoms with Gasteiger partial charge in [-0.2, -0.15) is 0 Å². The Morgan fingerprint density at radius 1 is 1.06 bits per heavy atom. The van der Waals surface area contributed by atoms with Crippen molar-refractivity contribution in [3.8, 4) is 5.88 Å². The van der Waals surface area contributed by atoms with Gasteiger partial charge in [0.05, 0.1) is 18.8 Å². The molecule has 2 aromatic heterocycles. The summed E-state index contributed by atoms with van der Waals surface area (Å²) < 4.78 is 34.8. The van der Waals surface area contributed by atoms with E-state index in [0.29, 0.717) is 57.6 Å². The number of carbonyl (C=O) groups excluding carboxylic acids is 3. The van der Waals surface area contributed by atoms with Gasteiger partial charge < -0.3 is 20.3 Å². The van der Waals surface area contributed by atoms with E-state index >= 15 is 0 Å². The Balaban J connectivity index is 1.14.